The van der Waals surface area contributed by atoms with Crippen molar-refractivity contribution in [3.8, 4) is 0 Å². The summed E-state index contributed by atoms with van der Waals surface area (Å²) in [5.74, 6) is -0.181. The summed E-state index contributed by atoms with van der Waals surface area (Å²) in [5, 5.41) is 5.33. The van der Waals surface area contributed by atoms with Gasteiger partial charge in [0, 0.05) is 10.7 Å². The summed E-state index contributed by atoms with van der Waals surface area (Å²) in [5.41, 5.74) is 1.25. The van der Waals surface area contributed by atoms with E-state index in [4.69, 9.17) is 0 Å². The zero-order valence-electron chi connectivity index (χ0n) is 10.0. The Kier molecular flexibility index (Phi) is 4.06. The molecule has 0 fully saturated rings. The molecule has 5 nitrogen and oxygen atoms in total. The molecule has 0 bridgehead atoms. The highest BCUT2D eigenvalue weighted by Crippen LogP contribution is 2.33. The number of carbonyl (C=O) groups is 2. The number of amides is 2. The van der Waals surface area contributed by atoms with Crippen LogP contribution in [0.2, 0.25) is 0 Å². The molecule has 2 N–H and O–H groups in total. The van der Waals surface area contributed by atoms with Crippen LogP contribution in [0.5, 0.6) is 0 Å². The van der Waals surface area contributed by atoms with Gasteiger partial charge < -0.3 is 5.32 Å². The number of imide groups is 1. The lowest BCUT2D eigenvalue weighted by molar-refractivity contribution is 0.0880. The van der Waals surface area contributed by atoms with Gasteiger partial charge in [0.15, 0.2) is 0 Å². The molecule has 7 heteroatoms. The van der Waals surface area contributed by atoms with Gasteiger partial charge in [-0.25, -0.2) is 4.98 Å². The Morgan fingerprint density at radius 1 is 1.10 bits per heavy atom. The van der Waals surface area contributed by atoms with Crippen molar-refractivity contribution in [3.63, 3.8) is 0 Å². The molecule has 1 aromatic carbocycles. The van der Waals surface area contributed by atoms with E-state index in [1.165, 1.54) is 0 Å². The molecule has 3 rings (SSSR count). The minimum Gasteiger partial charge on any atom is -0.339 e. The Bertz CT molecular complexity index is 692. The molecule has 1 aliphatic rings. The second kappa shape index (κ2) is 5.60. The summed E-state index contributed by atoms with van der Waals surface area (Å²) in [6.07, 6.45) is 1.64. The number of hydrogen-bond donors (Lipinski definition) is 2. The standard InChI is InChI=1S/C13H8BrN3O2.ClH/c14-8-5-4-7-10(13(19)17-12(7)18)11(8)16-9-3-1-2-6-15-9;/h1-6H,(H,15,16)(H,17,18,19);1H. The van der Waals surface area contributed by atoms with Crippen LogP contribution in [0.25, 0.3) is 0 Å². The number of halogens is 2. The second-order valence-electron chi connectivity index (χ2n) is 3.97. The molecule has 0 radical (unpaired) electrons. The highest BCUT2D eigenvalue weighted by atomic mass is 79.9. The number of fused-ring (bicyclic) bond motifs is 1. The molecular weight excluding hydrogens is 346 g/mol. The van der Waals surface area contributed by atoms with Crippen LogP contribution in [-0.4, -0.2) is 16.8 Å². The van der Waals surface area contributed by atoms with E-state index in [-0.39, 0.29) is 18.3 Å². The van der Waals surface area contributed by atoms with Gasteiger partial charge >= 0.3 is 0 Å². The lowest BCUT2D eigenvalue weighted by atomic mass is 10.1. The zero-order chi connectivity index (χ0) is 13.4. The normalized spacial score (nSPS) is 12.4. The SMILES string of the molecule is Cl.O=C1NC(=O)c2c1ccc(Br)c2Nc1ccccn1. The van der Waals surface area contributed by atoms with E-state index in [0.29, 0.717) is 27.1 Å². The van der Waals surface area contributed by atoms with Gasteiger partial charge in [-0.2, -0.15) is 0 Å². The molecule has 1 aromatic heterocycles. The van der Waals surface area contributed by atoms with Crippen molar-refractivity contribution in [3.05, 3.63) is 52.1 Å². The second-order valence-corrected chi connectivity index (χ2v) is 4.82. The Morgan fingerprint density at radius 3 is 2.60 bits per heavy atom. The third-order valence-electron chi connectivity index (χ3n) is 2.77. The molecule has 2 heterocycles. The van der Waals surface area contributed by atoms with Crippen LogP contribution >= 0.6 is 28.3 Å². The van der Waals surface area contributed by atoms with Crippen LogP contribution in [0.3, 0.4) is 0 Å². The maximum absolute atomic E-state index is 11.8. The van der Waals surface area contributed by atoms with Crippen molar-refractivity contribution >= 4 is 51.7 Å². The first-order valence-corrected chi connectivity index (χ1v) is 6.32. The molecule has 0 spiro atoms. The molecule has 1 aliphatic heterocycles. The summed E-state index contributed by atoms with van der Waals surface area (Å²) in [6.45, 7) is 0. The Labute approximate surface area is 129 Å². The summed E-state index contributed by atoms with van der Waals surface area (Å²) in [4.78, 5) is 27.6. The highest BCUT2D eigenvalue weighted by molar-refractivity contribution is 9.10. The first-order valence-electron chi connectivity index (χ1n) is 5.53. The van der Waals surface area contributed by atoms with Gasteiger partial charge in [-0.15, -0.1) is 12.4 Å². The fraction of sp³-hybridized carbons (Fsp3) is 0. The van der Waals surface area contributed by atoms with Crippen molar-refractivity contribution < 1.29 is 9.59 Å². The van der Waals surface area contributed by atoms with E-state index in [0.717, 1.165) is 0 Å². The molecule has 0 aliphatic carbocycles. The first kappa shape index (κ1) is 14.5. The maximum atomic E-state index is 11.8. The van der Waals surface area contributed by atoms with E-state index in [1.807, 2.05) is 6.07 Å². The molecule has 0 saturated heterocycles. The third kappa shape index (κ3) is 2.39. The largest absolute Gasteiger partial charge is 0.339 e. The quantitative estimate of drug-likeness (QED) is 0.814. The van der Waals surface area contributed by atoms with Gasteiger partial charge in [-0.05, 0) is 40.2 Å². The van der Waals surface area contributed by atoms with E-state index in [1.54, 1.807) is 30.5 Å². The summed E-state index contributed by atoms with van der Waals surface area (Å²) in [7, 11) is 0. The van der Waals surface area contributed by atoms with Crippen molar-refractivity contribution in [1.29, 1.82) is 0 Å². The number of nitrogens with zero attached hydrogens (tertiary/aromatic N) is 1. The third-order valence-corrected chi connectivity index (χ3v) is 3.43. The number of hydrogen-bond acceptors (Lipinski definition) is 4. The van der Waals surface area contributed by atoms with Gasteiger partial charge in [0.2, 0.25) is 0 Å². The van der Waals surface area contributed by atoms with Crippen LogP contribution in [0, 0.1) is 0 Å². The fourth-order valence-electron chi connectivity index (χ4n) is 1.92. The van der Waals surface area contributed by atoms with Crippen molar-refractivity contribution in [2.75, 3.05) is 5.32 Å². The smallest absolute Gasteiger partial charge is 0.261 e. The van der Waals surface area contributed by atoms with Gasteiger partial charge in [0.1, 0.15) is 5.82 Å². The summed E-state index contributed by atoms with van der Waals surface area (Å²) < 4.78 is 0.696. The Morgan fingerprint density at radius 2 is 1.90 bits per heavy atom. The summed E-state index contributed by atoms with van der Waals surface area (Å²) >= 11 is 3.37. The topological polar surface area (TPSA) is 71.1 Å². The molecule has 102 valence electrons. The van der Waals surface area contributed by atoms with E-state index in [9.17, 15) is 9.59 Å². The predicted molar refractivity (Wildman–Crippen MR) is 80.7 cm³/mol. The number of carbonyl (C=O) groups excluding carboxylic acids is 2. The minimum atomic E-state index is -0.403. The fourth-order valence-corrected chi connectivity index (χ4v) is 2.35. The van der Waals surface area contributed by atoms with Crippen molar-refractivity contribution in [2.24, 2.45) is 0 Å². The van der Waals surface area contributed by atoms with Gasteiger partial charge in [0.25, 0.3) is 11.8 Å². The number of benzene rings is 1. The zero-order valence-corrected chi connectivity index (χ0v) is 12.4. The van der Waals surface area contributed by atoms with Crippen LogP contribution in [0.4, 0.5) is 11.5 Å². The van der Waals surface area contributed by atoms with Gasteiger partial charge in [-0.1, -0.05) is 6.07 Å². The number of rotatable bonds is 2. The average Bonchev–Trinajstić information content (AvgIpc) is 2.69. The molecule has 2 aromatic rings. The lowest BCUT2D eigenvalue weighted by Crippen LogP contribution is -2.20. The van der Waals surface area contributed by atoms with Gasteiger partial charge in [-0.3, -0.25) is 14.9 Å². The number of nitrogens with one attached hydrogen (secondary N) is 2. The summed E-state index contributed by atoms with van der Waals surface area (Å²) in [6, 6.07) is 8.75. The lowest BCUT2D eigenvalue weighted by Gasteiger charge is -2.10. The van der Waals surface area contributed by atoms with Crippen LogP contribution in [0.15, 0.2) is 41.0 Å². The number of aromatic nitrogens is 1. The molecule has 2 amide bonds. The molecule has 0 unspecified atom stereocenters. The Hall–Kier alpha value is -1.92. The maximum Gasteiger partial charge on any atom is 0.261 e. The molecular formula is C13H9BrClN3O2. The average molecular weight is 355 g/mol. The highest BCUT2D eigenvalue weighted by Gasteiger charge is 2.30. The number of pyridine rings is 1. The van der Waals surface area contributed by atoms with Crippen LogP contribution in [-0.2, 0) is 0 Å². The molecule has 20 heavy (non-hydrogen) atoms. The van der Waals surface area contributed by atoms with Crippen molar-refractivity contribution in [2.45, 2.75) is 0 Å². The Balaban J connectivity index is 0.00000147. The van der Waals surface area contributed by atoms with E-state index in [2.05, 4.69) is 31.5 Å². The minimum absolute atomic E-state index is 0. The monoisotopic (exact) mass is 353 g/mol. The molecule has 0 atom stereocenters. The first-order chi connectivity index (χ1) is 9.16. The van der Waals surface area contributed by atoms with E-state index >= 15 is 0 Å². The van der Waals surface area contributed by atoms with Crippen LogP contribution in [0.1, 0.15) is 20.7 Å². The molecule has 0 saturated carbocycles. The van der Waals surface area contributed by atoms with Crippen molar-refractivity contribution in [1.82, 2.24) is 10.3 Å². The number of anilines is 2. The van der Waals surface area contributed by atoms with Crippen LogP contribution < -0.4 is 10.6 Å². The van der Waals surface area contributed by atoms with Gasteiger partial charge in [0.05, 0.1) is 16.8 Å². The van der Waals surface area contributed by atoms with E-state index < -0.39 is 5.91 Å². The predicted octanol–water partition coefficient (Wildman–Crippen LogP) is 2.89.